The largest absolute Gasteiger partial charge is 0.359 e. The Labute approximate surface area is 162 Å². The summed E-state index contributed by atoms with van der Waals surface area (Å²) in [5, 5.41) is 5.22. The van der Waals surface area contributed by atoms with Crippen molar-refractivity contribution in [1.29, 1.82) is 0 Å². The van der Waals surface area contributed by atoms with E-state index in [1.165, 1.54) is 0 Å². The molecule has 0 saturated heterocycles. The fourth-order valence-electron chi connectivity index (χ4n) is 3.87. The minimum Gasteiger partial charge on any atom is -0.359 e. The molecular formula is C24H19N3O. The average Bonchev–Trinajstić information content (AvgIpc) is 3.19. The molecule has 5 rings (SSSR count). The number of nitrogens with zero attached hydrogens (tertiary/aromatic N) is 1. The summed E-state index contributed by atoms with van der Waals surface area (Å²) in [6.07, 6.45) is 3.76. The van der Waals surface area contributed by atoms with Crippen LogP contribution in [0.25, 0.3) is 33.7 Å². The van der Waals surface area contributed by atoms with Crippen molar-refractivity contribution in [2.75, 3.05) is 5.32 Å². The third kappa shape index (κ3) is 2.62. The molecule has 0 bridgehead atoms. The molecule has 2 N–H and O–H groups in total. The maximum atomic E-state index is 12.6. The van der Waals surface area contributed by atoms with E-state index < -0.39 is 0 Å². The number of carbonyl (C=O) groups excluding carboxylic acids is 1. The van der Waals surface area contributed by atoms with E-state index in [-0.39, 0.29) is 5.91 Å². The van der Waals surface area contributed by atoms with Crippen LogP contribution in [0.1, 0.15) is 22.5 Å². The number of H-pyrrole nitrogens is 1. The summed E-state index contributed by atoms with van der Waals surface area (Å²) in [6.45, 7) is 4.06. The number of pyridine rings is 1. The van der Waals surface area contributed by atoms with E-state index in [0.29, 0.717) is 5.57 Å². The van der Waals surface area contributed by atoms with Gasteiger partial charge in [0, 0.05) is 39.8 Å². The van der Waals surface area contributed by atoms with Gasteiger partial charge in [-0.1, -0.05) is 30.3 Å². The van der Waals surface area contributed by atoms with Crippen LogP contribution in [0, 0.1) is 13.8 Å². The van der Waals surface area contributed by atoms with Gasteiger partial charge >= 0.3 is 0 Å². The van der Waals surface area contributed by atoms with Gasteiger partial charge in [-0.25, -0.2) is 0 Å². The minimum atomic E-state index is -0.0790. The van der Waals surface area contributed by atoms with Crippen LogP contribution in [0.3, 0.4) is 0 Å². The normalized spacial score (nSPS) is 14.5. The predicted molar refractivity (Wildman–Crippen MR) is 114 cm³/mol. The molecule has 0 aliphatic carbocycles. The lowest BCUT2D eigenvalue weighted by molar-refractivity contribution is -0.110. The number of nitrogens with one attached hydrogen (secondary N) is 2. The zero-order valence-electron chi connectivity index (χ0n) is 15.7. The number of fused-ring (bicyclic) bond motifs is 2. The van der Waals surface area contributed by atoms with Crippen molar-refractivity contribution in [3.05, 3.63) is 83.3 Å². The molecule has 0 saturated carbocycles. The highest BCUT2D eigenvalue weighted by molar-refractivity contribution is 6.35. The van der Waals surface area contributed by atoms with Crippen LogP contribution in [-0.2, 0) is 4.79 Å². The maximum absolute atomic E-state index is 12.6. The molecule has 4 heteroatoms. The van der Waals surface area contributed by atoms with Crippen molar-refractivity contribution in [2.24, 2.45) is 0 Å². The first-order valence-electron chi connectivity index (χ1n) is 9.28. The molecule has 0 unspecified atom stereocenters. The topological polar surface area (TPSA) is 57.8 Å². The quantitative estimate of drug-likeness (QED) is 0.471. The SMILES string of the molecule is Cc1cc(C)c(/C=C2\C(=O)Nc3ccc(-c4nccc5ccccc45)cc32)[nH]1. The second-order valence-electron chi connectivity index (χ2n) is 7.20. The standard InChI is InChI=1S/C24H19N3O/c1-14-11-15(2)26-22(14)13-20-19-12-17(7-8-21(19)27-24(20)28)23-18-6-4-3-5-16(18)9-10-25-23/h3-13,26H,1-2H3,(H,27,28)/b20-13-. The monoisotopic (exact) mass is 365 g/mol. The molecule has 136 valence electrons. The lowest BCUT2D eigenvalue weighted by Gasteiger charge is -2.08. The van der Waals surface area contributed by atoms with Gasteiger partial charge in [-0.2, -0.15) is 0 Å². The molecule has 2 aromatic carbocycles. The molecule has 2 aromatic heterocycles. The van der Waals surface area contributed by atoms with Crippen molar-refractivity contribution >= 4 is 34.0 Å². The highest BCUT2D eigenvalue weighted by Crippen LogP contribution is 2.37. The van der Waals surface area contributed by atoms with E-state index >= 15 is 0 Å². The van der Waals surface area contributed by atoms with Crippen LogP contribution in [0.4, 0.5) is 5.69 Å². The first-order valence-corrected chi connectivity index (χ1v) is 9.28. The fraction of sp³-hybridized carbons (Fsp3) is 0.0833. The number of aromatic nitrogens is 2. The molecule has 1 aliphatic rings. The molecule has 0 radical (unpaired) electrons. The number of carbonyl (C=O) groups is 1. The van der Waals surface area contributed by atoms with Crippen LogP contribution < -0.4 is 5.32 Å². The maximum Gasteiger partial charge on any atom is 0.256 e. The van der Waals surface area contributed by atoms with Crippen LogP contribution in [-0.4, -0.2) is 15.9 Å². The van der Waals surface area contributed by atoms with Gasteiger partial charge in [0.15, 0.2) is 0 Å². The van der Waals surface area contributed by atoms with Gasteiger partial charge < -0.3 is 10.3 Å². The molecule has 1 amide bonds. The lowest BCUT2D eigenvalue weighted by Crippen LogP contribution is -2.03. The molecule has 3 heterocycles. The van der Waals surface area contributed by atoms with Crippen LogP contribution >= 0.6 is 0 Å². The molecular weight excluding hydrogens is 346 g/mol. The van der Waals surface area contributed by atoms with Crippen LogP contribution in [0.15, 0.2) is 60.8 Å². The third-order valence-electron chi connectivity index (χ3n) is 5.23. The van der Waals surface area contributed by atoms with E-state index in [1.807, 2.05) is 56.5 Å². The van der Waals surface area contributed by atoms with Crippen molar-refractivity contribution in [1.82, 2.24) is 9.97 Å². The van der Waals surface area contributed by atoms with E-state index in [2.05, 4.69) is 39.6 Å². The first-order chi connectivity index (χ1) is 13.6. The molecule has 0 spiro atoms. The Hall–Kier alpha value is -3.66. The highest BCUT2D eigenvalue weighted by atomic mass is 16.2. The lowest BCUT2D eigenvalue weighted by atomic mass is 9.98. The fourth-order valence-corrected chi connectivity index (χ4v) is 3.87. The molecule has 1 aliphatic heterocycles. The average molecular weight is 365 g/mol. The molecule has 4 nitrogen and oxygen atoms in total. The second-order valence-corrected chi connectivity index (χ2v) is 7.20. The van der Waals surface area contributed by atoms with E-state index in [4.69, 9.17) is 0 Å². The third-order valence-corrected chi connectivity index (χ3v) is 5.23. The minimum absolute atomic E-state index is 0.0790. The Morgan fingerprint density at radius 2 is 1.86 bits per heavy atom. The summed E-state index contributed by atoms with van der Waals surface area (Å²) < 4.78 is 0. The summed E-state index contributed by atoms with van der Waals surface area (Å²) in [4.78, 5) is 20.5. The summed E-state index contributed by atoms with van der Waals surface area (Å²) in [5.41, 5.74) is 7.50. The number of aryl methyl sites for hydroxylation is 2. The van der Waals surface area contributed by atoms with Crippen molar-refractivity contribution in [3.8, 4) is 11.3 Å². The zero-order valence-corrected chi connectivity index (χ0v) is 15.7. The first kappa shape index (κ1) is 16.5. The van der Waals surface area contributed by atoms with Gasteiger partial charge in [-0.3, -0.25) is 9.78 Å². The van der Waals surface area contributed by atoms with Gasteiger partial charge in [0.2, 0.25) is 0 Å². The predicted octanol–water partition coefficient (Wildman–Crippen LogP) is 5.34. The summed E-state index contributed by atoms with van der Waals surface area (Å²) in [7, 11) is 0. The van der Waals surface area contributed by atoms with Gasteiger partial charge in [-0.15, -0.1) is 0 Å². The van der Waals surface area contributed by atoms with Gasteiger partial charge in [0.1, 0.15) is 0 Å². The van der Waals surface area contributed by atoms with Gasteiger partial charge in [-0.05, 0) is 55.1 Å². The van der Waals surface area contributed by atoms with Gasteiger partial charge in [0.05, 0.1) is 11.3 Å². The Morgan fingerprint density at radius 1 is 1.00 bits per heavy atom. The summed E-state index contributed by atoms with van der Waals surface area (Å²) in [5.74, 6) is -0.0790. The Balaban J connectivity index is 1.67. The molecule has 4 aromatic rings. The number of rotatable bonds is 2. The molecule has 0 atom stereocenters. The van der Waals surface area contributed by atoms with E-state index in [9.17, 15) is 4.79 Å². The Morgan fingerprint density at radius 3 is 2.68 bits per heavy atom. The number of hydrogen-bond donors (Lipinski definition) is 2. The number of hydrogen-bond acceptors (Lipinski definition) is 2. The van der Waals surface area contributed by atoms with E-state index in [1.54, 1.807) is 0 Å². The smallest absolute Gasteiger partial charge is 0.256 e. The number of amides is 1. The van der Waals surface area contributed by atoms with E-state index in [0.717, 1.165) is 50.2 Å². The second kappa shape index (κ2) is 6.20. The van der Waals surface area contributed by atoms with Crippen molar-refractivity contribution in [2.45, 2.75) is 13.8 Å². The Kier molecular flexibility index (Phi) is 3.66. The van der Waals surface area contributed by atoms with Crippen LogP contribution in [0.5, 0.6) is 0 Å². The molecule has 0 fully saturated rings. The summed E-state index contributed by atoms with van der Waals surface area (Å²) >= 11 is 0. The Bertz CT molecular complexity index is 1280. The molecule has 28 heavy (non-hydrogen) atoms. The number of benzene rings is 2. The number of anilines is 1. The van der Waals surface area contributed by atoms with Crippen molar-refractivity contribution < 1.29 is 4.79 Å². The summed E-state index contributed by atoms with van der Waals surface area (Å²) in [6, 6.07) is 18.3. The zero-order chi connectivity index (χ0) is 19.3. The number of aromatic amines is 1. The van der Waals surface area contributed by atoms with Crippen LogP contribution in [0.2, 0.25) is 0 Å². The van der Waals surface area contributed by atoms with Gasteiger partial charge in [0.25, 0.3) is 5.91 Å². The van der Waals surface area contributed by atoms with Crippen molar-refractivity contribution in [3.63, 3.8) is 0 Å². The highest BCUT2D eigenvalue weighted by Gasteiger charge is 2.25.